The molecule has 0 radical (unpaired) electrons. The summed E-state index contributed by atoms with van der Waals surface area (Å²) in [5.41, 5.74) is 18.1. The third-order valence-electron chi connectivity index (χ3n) is 12.6. The van der Waals surface area contributed by atoms with Crippen molar-refractivity contribution in [2.45, 2.75) is 5.41 Å². The number of benzene rings is 9. The minimum absolute atomic E-state index is 0.450. The first-order valence-electron chi connectivity index (χ1n) is 21.5. The number of nitrogens with zero attached hydrogens (tertiary/aromatic N) is 1. The predicted molar refractivity (Wildman–Crippen MR) is 262 cm³/mol. The van der Waals surface area contributed by atoms with Gasteiger partial charge in [0.15, 0.2) is 0 Å². The lowest BCUT2D eigenvalue weighted by Crippen LogP contribution is -2.28. The van der Waals surface area contributed by atoms with Crippen LogP contribution in [0.25, 0.3) is 34.2 Å². The summed E-state index contributed by atoms with van der Waals surface area (Å²) in [5.74, 6) is 0. The van der Waals surface area contributed by atoms with Crippen LogP contribution in [0.3, 0.4) is 0 Å². The zero-order valence-corrected chi connectivity index (χ0v) is 34.6. The Balaban J connectivity index is 1.20. The molecule has 1 aliphatic carbocycles. The lowest BCUT2D eigenvalue weighted by atomic mass is 9.67. The van der Waals surface area contributed by atoms with Crippen molar-refractivity contribution in [2.24, 2.45) is 0 Å². The molecule has 0 aromatic heterocycles. The van der Waals surface area contributed by atoms with E-state index in [0.29, 0.717) is 5.71 Å². The van der Waals surface area contributed by atoms with Crippen LogP contribution in [-0.2, 0) is 5.41 Å². The van der Waals surface area contributed by atoms with E-state index in [-0.39, 0.29) is 0 Å². The zero-order valence-electron chi connectivity index (χ0n) is 34.6. The smallest absolute Gasteiger partial charge is 0.0714 e. The molecule has 9 aromatic rings. The number of para-hydroxylation sites is 1. The molecule has 298 valence electrons. The second kappa shape index (κ2) is 16.0. The van der Waals surface area contributed by atoms with Gasteiger partial charge < -0.3 is 10.2 Å². The van der Waals surface area contributed by atoms with Crippen molar-refractivity contribution < 1.29 is 0 Å². The first-order valence-corrected chi connectivity index (χ1v) is 21.5. The number of anilines is 3. The summed E-state index contributed by atoms with van der Waals surface area (Å²) in [6.07, 6.45) is 2.29. The number of nitrogens with one attached hydrogen (secondary N) is 2. The van der Waals surface area contributed by atoms with E-state index in [1.807, 2.05) is 36.4 Å². The topological polar surface area (TPSA) is 39.1 Å². The van der Waals surface area contributed by atoms with Gasteiger partial charge in [0.25, 0.3) is 0 Å². The van der Waals surface area contributed by atoms with Crippen LogP contribution >= 0.6 is 0 Å². The molecule has 0 unspecified atom stereocenters. The summed E-state index contributed by atoms with van der Waals surface area (Å²) in [6.45, 7) is 0. The molecule has 63 heavy (non-hydrogen) atoms. The van der Waals surface area contributed by atoms with Crippen LogP contribution in [0.2, 0.25) is 0 Å². The second-order valence-electron chi connectivity index (χ2n) is 16.1. The molecule has 0 spiro atoms. The van der Waals surface area contributed by atoms with Gasteiger partial charge in [-0.25, -0.2) is 0 Å². The fourth-order valence-corrected chi connectivity index (χ4v) is 9.81. The highest BCUT2D eigenvalue weighted by Gasteiger charge is 2.46. The molecular weight excluding hydrogens is 763 g/mol. The van der Waals surface area contributed by atoms with Crippen LogP contribution in [0.4, 0.5) is 17.1 Å². The molecule has 2 aliphatic rings. The Bertz CT molecular complexity index is 3140. The van der Waals surface area contributed by atoms with E-state index in [4.69, 9.17) is 0 Å². The summed E-state index contributed by atoms with van der Waals surface area (Å²) < 4.78 is 0. The summed E-state index contributed by atoms with van der Waals surface area (Å²) in [7, 11) is 0. The fourth-order valence-electron chi connectivity index (χ4n) is 9.81. The SMILES string of the molecule is N=C(/C(=C1\NC(c2ccccc2)=Cc2c1cccc2N(c1ccccc1)c1ccc2c(c1)C(c1ccccc1)(c1ccccc1)c1ccccc1-2)c1ccccc1)c1ccccc1. The molecule has 9 aromatic carbocycles. The van der Waals surface area contributed by atoms with Crippen LogP contribution in [0, 0.1) is 5.41 Å². The molecule has 1 heterocycles. The highest BCUT2D eigenvalue weighted by Crippen LogP contribution is 2.57. The Morgan fingerprint density at radius 3 is 1.60 bits per heavy atom. The van der Waals surface area contributed by atoms with Crippen LogP contribution < -0.4 is 10.2 Å². The second-order valence-corrected chi connectivity index (χ2v) is 16.1. The number of hydrogen-bond donors (Lipinski definition) is 2. The van der Waals surface area contributed by atoms with Crippen molar-refractivity contribution in [1.82, 2.24) is 5.32 Å². The largest absolute Gasteiger partial charge is 0.354 e. The molecule has 11 rings (SSSR count). The molecule has 0 atom stereocenters. The third-order valence-corrected chi connectivity index (χ3v) is 12.6. The minimum atomic E-state index is -0.550. The normalized spacial score (nSPS) is 14.0. The first-order chi connectivity index (χ1) is 31.2. The van der Waals surface area contributed by atoms with Gasteiger partial charge in [-0.05, 0) is 80.9 Å². The van der Waals surface area contributed by atoms with E-state index in [1.165, 1.54) is 33.4 Å². The Hall–Kier alpha value is -8.27. The van der Waals surface area contributed by atoms with Crippen molar-refractivity contribution in [3.05, 3.63) is 293 Å². The molecule has 0 amide bonds. The van der Waals surface area contributed by atoms with E-state index in [1.54, 1.807) is 0 Å². The van der Waals surface area contributed by atoms with Gasteiger partial charge in [0, 0.05) is 39.3 Å². The molecule has 3 nitrogen and oxygen atoms in total. The lowest BCUT2D eigenvalue weighted by Gasteiger charge is -2.35. The first kappa shape index (κ1) is 37.7. The standard InChI is InChI=1S/C60H43N3/c61-58(44-26-11-3-12-27-44)57(43-24-9-2-10-25-43)59-51-35-21-37-56(52(51)41-55(62-59)42-22-7-1-8-23-42)63(47-32-17-6-18-33-47)48-38-39-50-49-34-19-20-36-53(49)60(54(50)40-48,45-28-13-4-14-29-45)46-30-15-5-16-31-46/h1-41,61-62H/b59-57-,61-58?. The van der Waals surface area contributed by atoms with Gasteiger partial charge in [0.2, 0.25) is 0 Å². The Morgan fingerprint density at radius 2 is 0.952 bits per heavy atom. The van der Waals surface area contributed by atoms with Crippen LogP contribution in [0.15, 0.2) is 243 Å². The molecular formula is C60H43N3. The molecule has 2 N–H and O–H groups in total. The Kier molecular flexibility index (Phi) is 9.56. The Labute approximate surface area is 369 Å². The maximum Gasteiger partial charge on any atom is 0.0714 e. The van der Waals surface area contributed by atoms with E-state index < -0.39 is 5.41 Å². The van der Waals surface area contributed by atoms with E-state index >= 15 is 0 Å². The van der Waals surface area contributed by atoms with E-state index in [9.17, 15) is 5.41 Å². The van der Waals surface area contributed by atoms with Crippen LogP contribution in [0.5, 0.6) is 0 Å². The fraction of sp³-hybridized carbons (Fsp3) is 0.0167. The lowest BCUT2D eigenvalue weighted by molar-refractivity contribution is 0.768. The van der Waals surface area contributed by atoms with Crippen molar-refractivity contribution >= 4 is 45.8 Å². The van der Waals surface area contributed by atoms with Gasteiger partial charge in [-0.3, -0.25) is 5.41 Å². The van der Waals surface area contributed by atoms with Gasteiger partial charge >= 0.3 is 0 Å². The zero-order chi connectivity index (χ0) is 42.2. The Morgan fingerprint density at radius 1 is 0.429 bits per heavy atom. The maximum atomic E-state index is 9.86. The highest BCUT2D eigenvalue weighted by atomic mass is 15.1. The van der Waals surface area contributed by atoms with Gasteiger partial charge in [0.1, 0.15) is 0 Å². The third kappa shape index (κ3) is 6.41. The summed E-state index contributed by atoms with van der Waals surface area (Å²) in [4.78, 5) is 2.41. The summed E-state index contributed by atoms with van der Waals surface area (Å²) >= 11 is 0. The quantitative estimate of drug-likeness (QED) is 0.143. The number of rotatable bonds is 9. The van der Waals surface area contributed by atoms with Gasteiger partial charge in [-0.2, -0.15) is 0 Å². The van der Waals surface area contributed by atoms with Gasteiger partial charge in [0.05, 0.1) is 22.5 Å². The highest BCUT2D eigenvalue weighted by molar-refractivity contribution is 6.36. The average Bonchev–Trinajstić information content (AvgIpc) is 3.66. The molecule has 0 saturated carbocycles. The van der Waals surface area contributed by atoms with Crippen molar-refractivity contribution in [1.29, 1.82) is 5.41 Å². The average molecular weight is 806 g/mol. The van der Waals surface area contributed by atoms with Crippen molar-refractivity contribution in [3.8, 4) is 11.1 Å². The summed E-state index contributed by atoms with van der Waals surface area (Å²) in [6, 6.07) is 86.2. The minimum Gasteiger partial charge on any atom is -0.354 e. The molecule has 0 fully saturated rings. The van der Waals surface area contributed by atoms with Gasteiger partial charge in [-0.15, -0.1) is 0 Å². The maximum absolute atomic E-state index is 9.86. The van der Waals surface area contributed by atoms with Gasteiger partial charge in [-0.1, -0.05) is 212 Å². The van der Waals surface area contributed by atoms with Crippen LogP contribution in [0.1, 0.15) is 50.1 Å². The van der Waals surface area contributed by atoms with E-state index in [2.05, 4.69) is 223 Å². The van der Waals surface area contributed by atoms with Crippen molar-refractivity contribution in [2.75, 3.05) is 4.90 Å². The monoisotopic (exact) mass is 805 g/mol. The summed E-state index contributed by atoms with van der Waals surface area (Å²) in [5, 5.41) is 13.8. The van der Waals surface area contributed by atoms with Crippen LogP contribution in [-0.4, -0.2) is 5.71 Å². The number of allylic oxidation sites excluding steroid dienone is 1. The molecule has 0 saturated heterocycles. The molecule has 3 heteroatoms. The predicted octanol–water partition coefficient (Wildman–Crippen LogP) is 14.6. The number of hydrogen-bond acceptors (Lipinski definition) is 3. The molecule has 1 aliphatic heterocycles. The van der Waals surface area contributed by atoms with Crippen molar-refractivity contribution in [3.63, 3.8) is 0 Å². The molecule has 0 bridgehead atoms. The number of fused-ring (bicyclic) bond motifs is 4. The van der Waals surface area contributed by atoms with E-state index in [0.717, 1.165) is 61.8 Å².